The maximum absolute atomic E-state index is 12.9. The van der Waals surface area contributed by atoms with E-state index < -0.39 is 23.6 Å². The van der Waals surface area contributed by atoms with Gasteiger partial charge >= 0.3 is 6.18 Å². The summed E-state index contributed by atoms with van der Waals surface area (Å²) in [7, 11) is 0. The Morgan fingerprint density at radius 3 is 2.50 bits per heavy atom. The smallest absolute Gasteiger partial charge is 0.338 e. The fourth-order valence-electron chi connectivity index (χ4n) is 1.81. The fraction of sp³-hybridized carbons (Fsp3) is 0.429. The number of halogens is 3. The maximum atomic E-state index is 12.9. The lowest BCUT2D eigenvalue weighted by Gasteiger charge is -2.23. The minimum atomic E-state index is -4.58. The van der Waals surface area contributed by atoms with Crippen molar-refractivity contribution in [2.75, 3.05) is 13.1 Å². The summed E-state index contributed by atoms with van der Waals surface area (Å²) in [4.78, 5) is 13.5. The van der Waals surface area contributed by atoms with Gasteiger partial charge in [0.2, 0.25) is 0 Å². The largest absolute Gasteiger partial charge is 0.417 e. The number of nitrogens with zero attached hydrogens (tertiary/aromatic N) is 2. The number of benzene rings is 1. The van der Waals surface area contributed by atoms with Gasteiger partial charge in [0.1, 0.15) is 0 Å². The van der Waals surface area contributed by atoms with Gasteiger partial charge in [-0.05, 0) is 26.0 Å². The molecule has 0 saturated carbocycles. The zero-order valence-electron chi connectivity index (χ0n) is 11.2. The normalized spacial score (nSPS) is 12.6. The molecule has 1 unspecified atom stereocenters. The first-order valence-electron chi connectivity index (χ1n) is 6.16. The maximum Gasteiger partial charge on any atom is 0.417 e. The van der Waals surface area contributed by atoms with Crippen LogP contribution in [0.4, 0.5) is 13.2 Å². The predicted octanol–water partition coefficient (Wildman–Crippen LogP) is 3.33. The molecule has 0 aromatic heterocycles. The highest BCUT2D eigenvalue weighted by atomic mass is 19.4. The first-order chi connectivity index (χ1) is 9.31. The van der Waals surface area contributed by atoms with E-state index in [2.05, 4.69) is 0 Å². The fourth-order valence-corrected chi connectivity index (χ4v) is 1.81. The molecular formula is C14H15F3N2O. The molecule has 0 heterocycles. The van der Waals surface area contributed by atoms with Gasteiger partial charge in [0.05, 0.1) is 23.1 Å². The summed E-state index contributed by atoms with van der Waals surface area (Å²) in [5.41, 5.74) is -1.33. The van der Waals surface area contributed by atoms with Gasteiger partial charge in [-0.1, -0.05) is 12.1 Å². The number of nitriles is 1. The van der Waals surface area contributed by atoms with E-state index in [-0.39, 0.29) is 18.7 Å². The van der Waals surface area contributed by atoms with Gasteiger partial charge in [0.15, 0.2) is 0 Å². The second kappa shape index (κ2) is 6.42. The minimum Gasteiger partial charge on any atom is -0.338 e. The summed E-state index contributed by atoms with van der Waals surface area (Å²) in [5, 5.41) is 8.75. The zero-order chi connectivity index (χ0) is 15.3. The molecule has 1 aromatic rings. The molecule has 0 N–H and O–H groups in total. The molecule has 0 bridgehead atoms. The van der Waals surface area contributed by atoms with Crippen LogP contribution in [0.15, 0.2) is 24.3 Å². The average Bonchev–Trinajstić information content (AvgIpc) is 2.42. The highest BCUT2D eigenvalue weighted by Crippen LogP contribution is 2.32. The van der Waals surface area contributed by atoms with E-state index in [4.69, 9.17) is 5.26 Å². The molecule has 0 radical (unpaired) electrons. The van der Waals surface area contributed by atoms with Gasteiger partial charge in [0, 0.05) is 13.1 Å². The third-order valence-corrected chi connectivity index (χ3v) is 2.85. The van der Waals surface area contributed by atoms with Crippen LogP contribution < -0.4 is 0 Å². The van der Waals surface area contributed by atoms with Crippen molar-refractivity contribution in [2.24, 2.45) is 5.92 Å². The molecule has 0 aliphatic rings. The highest BCUT2D eigenvalue weighted by Gasteiger charge is 2.35. The van der Waals surface area contributed by atoms with Gasteiger partial charge in [-0.2, -0.15) is 18.4 Å². The Morgan fingerprint density at radius 1 is 1.40 bits per heavy atom. The van der Waals surface area contributed by atoms with Crippen LogP contribution in [-0.4, -0.2) is 23.9 Å². The van der Waals surface area contributed by atoms with Gasteiger partial charge in [-0.15, -0.1) is 0 Å². The quantitative estimate of drug-likeness (QED) is 0.851. The molecule has 20 heavy (non-hydrogen) atoms. The van der Waals surface area contributed by atoms with E-state index >= 15 is 0 Å². The van der Waals surface area contributed by atoms with Crippen LogP contribution >= 0.6 is 0 Å². The highest BCUT2D eigenvalue weighted by molar-refractivity contribution is 5.95. The van der Waals surface area contributed by atoms with Crippen molar-refractivity contribution in [3.8, 4) is 6.07 Å². The number of alkyl halides is 3. The van der Waals surface area contributed by atoms with E-state index in [9.17, 15) is 18.0 Å². The van der Waals surface area contributed by atoms with Crippen molar-refractivity contribution in [2.45, 2.75) is 20.0 Å². The topological polar surface area (TPSA) is 44.1 Å². The van der Waals surface area contributed by atoms with E-state index in [1.54, 1.807) is 13.8 Å². The predicted molar refractivity (Wildman–Crippen MR) is 67.8 cm³/mol. The molecule has 3 nitrogen and oxygen atoms in total. The van der Waals surface area contributed by atoms with Crippen LogP contribution in [0.1, 0.15) is 29.8 Å². The summed E-state index contributed by atoms with van der Waals surface area (Å²) in [6, 6.07) is 6.64. The summed E-state index contributed by atoms with van der Waals surface area (Å²) < 4.78 is 38.6. The number of hydrogen-bond acceptors (Lipinski definition) is 2. The lowest BCUT2D eigenvalue weighted by atomic mass is 10.0. The summed E-state index contributed by atoms with van der Waals surface area (Å²) in [6.07, 6.45) is -4.58. The Morgan fingerprint density at radius 2 is 2.00 bits per heavy atom. The molecule has 0 fully saturated rings. The van der Waals surface area contributed by atoms with Gasteiger partial charge < -0.3 is 4.90 Å². The van der Waals surface area contributed by atoms with Crippen LogP contribution in [0.5, 0.6) is 0 Å². The van der Waals surface area contributed by atoms with Crippen LogP contribution in [-0.2, 0) is 6.18 Å². The van der Waals surface area contributed by atoms with Crippen molar-refractivity contribution >= 4 is 5.91 Å². The molecule has 1 atom stereocenters. The zero-order valence-corrected chi connectivity index (χ0v) is 11.2. The monoisotopic (exact) mass is 284 g/mol. The number of amides is 1. The first-order valence-corrected chi connectivity index (χ1v) is 6.16. The molecule has 1 amide bonds. The molecule has 0 aliphatic carbocycles. The Balaban J connectivity index is 3.11. The average molecular weight is 284 g/mol. The van der Waals surface area contributed by atoms with Gasteiger partial charge in [0.25, 0.3) is 5.91 Å². The van der Waals surface area contributed by atoms with E-state index in [1.807, 2.05) is 6.07 Å². The number of carbonyl (C=O) groups is 1. The van der Waals surface area contributed by atoms with E-state index in [1.165, 1.54) is 17.0 Å². The third kappa shape index (κ3) is 3.73. The van der Waals surface area contributed by atoms with Gasteiger partial charge in [-0.25, -0.2) is 0 Å². The Hall–Kier alpha value is -2.03. The molecule has 108 valence electrons. The number of carbonyl (C=O) groups excluding carboxylic acids is 1. The molecular weight excluding hydrogens is 269 g/mol. The van der Waals surface area contributed by atoms with Crippen molar-refractivity contribution in [3.05, 3.63) is 35.4 Å². The van der Waals surface area contributed by atoms with Crippen LogP contribution in [0.2, 0.25) is 0 Å². The van der Waals surface area contributed by atoms with Crippen molar-refractivity contribution in [1.29, 1.82) is 5.26 Å². The Kier molecular flexibility index (Phi) is 5.14. The summed E-state index contributed by atoms with van der Waals surface area (Å²) in [6.45, 7) is 3.64. The lowest BCUT2D eigenvalue weighted by Crippen LogP contribution is -2.35. The second-order valence-corrected chi connectivity index (χ2v) is 4.42. The molecule has 0 aliphatic heterocycles. The third-order valence-electron chi connectivity index (χ3n) is 2.85. The van der Waals surface area contributed by atoms with Crippen molar-refractivity contribution in [1.82, 2.24) is 4.90 Å². The Labute approximate surface area is 115 Å². The molecule has 0 spiro atoms. The summed E-state index contributed by atoms with van der Waals surface area (Å²) in [5.74, 6) is -1.14. The number of hydrogen-bond donors (Lipinski definition) is 0. The van der Waals surface area contributed by atoms with Crippen LogP contribution in [0, 0.1) is 17.2 Å². The molecule has 1 aromatic carbocycles. The SMILES string of the molecule is CCN(CC(C)C#N)C(=O)c1ccccc1C(F)(F)F. The lowest BCUT2D eigenvalue weighted by molar-refractivity contribution is -0.138. The summed E-state index contributed by atoms with van der Waals surface area (Å²) >= 11 is 0. The molecule has 6 heteroatoms. The minimum absolute atomic E-state index is 0.109. The molecule has 1 rings (SSSR count). The van der Waals surface area contributed by atoms with Crippen LogP contribution in [0.3, 0.4) is 0 Å². The van der Waals surface area contributed by atoms with Crippen molar-refractivity contribution in [3.63, 3.8) is 0 Å². The number of rotatable bonds is 4. The van der Waals surface area contributed by atoms with Crippen LogP contribution in [0.25, 0.3) is 0 Å². The van der Waals surface area contributed by atoms with E-state index in [0.29, 0.717) is 0 Å². The standard InChI is InChI=1S/C14H15F3N2O/c1-3-19(9-10(2)8-18)13(20)11-6-4-5-7-12(11)14(15,16)17/h4-7,10H,3,9H2,1-2H3. The van der Waals surface area contributed by atoms with Crippen molar-refractivity contribution < 1.29 is 18.0 Å². The van der Waals surface area contributed by atoms with E-state index in [0.717, 1.165) is 12.1 Å². The Bertz CT molecular complexity index is 520. The molecule has 0 saturated heterocycles. The van der Waals surface area contributed by atoms with Gasteiger partial charge in [-0.3, -0.25) is 4.79 Å². The second-order valence-electron chi connectivity index (χ2n) is 4.42. The first kappa shape index (κ1) is 16.0.